The molecule has 0 rings (SSSR count). The Morgan fingerprint density at radius 1 is 0.750 bits per heavy atom. The lowest BCUT2D eigenvalue weighted by molar-refractivity contribution is 0.108. The van der Waals surface area contributed by atoms with Crippen LogP contribution in [0.2, 0.25) is 0 Å². The molecule has 0 bridgehead atoms. The van der Waals surface area contributed by atoms with Gasteiger partial charge in [-0.2, -0.15) is 0 Å². The Balaban J connectivity index is 5.01. The molecule has 0 amide bonds. The van der Waals surface area contributed by atoms with Crippen LogP contribution in [-0.4, -0.2) is 6.67 Å². The number of rotatable bonds is 15. The third kappa shape index (κ3) is 8.86. The fourth-order valence-electron chi connectivity index (χ4n) is 4.75. The molecule has 24 heavy (non-hydrogen) atoms. The summed E-state index contributed by atoms with van der Waals surface area (Å²) in [7, 11) is 0. The number of unbranched alkanes of at least 4 members (excludes halogenated alkanes) is 2. The van der Waals surface area contributed by atoms with Gasteiger partial charge in [-0.05, 0) is 48.3 Å². The normalized spacial score (nSPS) is 18.4. The van der Waals surface area contributed by atoms with E-state index in [0.29, 0.717) is 0 Å². The Labute approximate surface area is 153 Å². The van der Waals surface area contributed by atoms with Crippen molar-refractivity contribution in [3.8, 4) is 0 Å². The number of halogens is 1. The minimum Gasteiger partial charge on any atom is -0.251 e. The van der Waals surface area contributed by atoms with Crippen LogP contribution in [0, 0.1) is 35.5 Å². The molecule has 1 heteroatoms. The van der Waals surface area contributed by atoms with Crippen LogP contribution >= 0.6 is 0 Å². The highest BCUT2D eigenvalue weighted by Crippen LogP contribution is 2.40. The highest BCUT2D eigenvalue weighted by molar-refractivity contribution is 4.81. The van der Waals surface area contributed by atoms with Gasteiger partial charge in [0.25, 0.3) is 0 Å². The molecule has 0 aliphatic carbocycles. The molecule has 0 nitrogen and oxygen atoms in total. The van der Waals surface area contributed by atoms with Crippen LogP contribution in [0.4, 0.5) is 4.39 Å². The molecule has 0 spiro atoms. The first-order valence-corrected chi connectivity index (χ1v) is 11.0. The van der Waals surface area contributed by atoms with E-state index in [-0.39, 0.29) is 6.67 Å². The predicted molar refractivity (Wildman–Crippen MR) is 108 cm³/mol. The molecule has 0 aliphatic heterocycles. The van der Waals surface area contributed by atoms with E-state index in [9.17, 15) is 4.39 Å². The summed E-state index contributed by atoms with van der Waals surface area (Å²) < 4.78 is 12.4. The van der Waals surface area contributed by atoms with Gasteiger partial charge in [0.15, 0.2) is 0 Å². The zero-order valence-electron chi connectivity index (χ0n) is 17.9. The van der Waals surface area contributed by atoms with E-state index in [0.717, 1.165) is 48.3 Å². The fourth-order valence-corrected chi connectivity index (χ4v) is 4.75. The molecule has 5 atom stereocenters. The minimum atomic E-state index is -0.144. The van der Waals surface area contributed by atoms with Gasteiger partial charge in [-0.3, -0.25) is 4.39 Å². The molecular weight excluding hydrogens is 295 g/mol. The lowest BCUT2D eigenvalue weighted by Crippen LogP contribution is -2.31. The molecule has 146 valence electrons. The van der Waals surface area contributed by atoms with Crippen molar-refractivity contribution >= 4 is 0 Å². The Morgan fingerprint density at radius 3 is 1.88 bits per heavy atom. The third-order valence-electron chi connectivity index (χ3n) is 6.53. The van der Waals surface area contributed by atoms with E-state index in [4.69, 9.17) is 0 Å². The van der Waals surface area contributed by atoms with Crippen molar-refractivity contribution < 1.29 is 4.39 Å². The highest BCUT2D eigenvalue weighted by atomic mass is 19.1. The molecule has 0 fully saturated rings. The quantitative estimate of drug-likeness (QED) is 0.262. The Hall–Kier alpha value is -0.0700. The average Bonchev–Trinajstić information content (AvgIpc) is 2.56. The van der Waals surface area contributed by atoms with Gasteiger partial charge >= 0.3 is 0 Å². The zero-order chi connectivity index (χ0) is 18.5. The maximum atomic E-state index is 12.4. The second-order valence-electron chi connectivity index (χ2n) is 8.68. The number of alkyl halides is 1. The first kappa shape index (κ1) is 23.9. The predicted octanol–water partition coefficient (Wildman–Crippen LogP) is 8.30. The number of hydrogen-bond acceptors (Lipinski definition) is 0. The van der Waals surface area contributed by atoms with Gasteiger partial charge in [-0.25, -0.2) is 0 Å². The first-order valence-electron chi connectivity index (χ1n) is 11.0. The van der Waals surface area contributed by atoms with E-state index >= 15 is 0 Å². The SMILES string of the molecule is CCCC(C(C)C)C(CC)C(C)C(CCCCCF)CC(C)CC. The lowest BCUT2D eigenvalue weighted by atomic mass is 9.67. The standard InChI is InChI=1S/C23H47F/c1-8-14-23(18(4)5)22(10-3)20(7)21(17-19(6)9-2)15-12-11-13-16-24/h18-23H,8-17H2,1-7H3. The van der Waals surface area contributed by atoms with Crippen molar-refractivity contribution in [2.75, 3.05) is 6.67 Å². The van der Waals surface area contributed by atoms with Crippen molar-refractivity contribution in [1.29, 1.82) is 0 Å². The van der Waals surface area contributed by atoms with E-state index in [1.54, 1.807) is 0 Å². The van der Waals surface area contributed by atoms with Crippen molar-refractivity contribution in [2.45, 2.75) is 106 Å². The van der Waals surface area contributed by atoms with Crippen molar-refractivity contribution in [3.63, 3.8) is 0 Å². The third-order valence-corrected chi connectivity index (χ3v) is 6.53. The molecule has 0 aromatic carbocycles. The van der Waals surface area contributed by atoms with Crippen molar-refractivity contribution in [3.05, 3.63) is 0 Å². The van der Waals surface area contributed by atoms with E-state index in [1.165, 1.54) is 44.9 Å². The average molecular weight is 343 g/mol. The van der Waals surface area contributed by atoms with E-state index < -0.39 is 0 Å². The fraction of sp³-hybridized carbons (Fsp3) is 1.00. The van der Waals surface area contributed by atoms with E-state index in [1.807, 2.05) is 0 Å². The summed E-state index contributed by atoms with van der Waals surface area (Å²) in [6.45, 7) is 16.7. The first-order chi connectivity index (χ1) is 11.4. The second-order valence-corrected chi connectivity index (χ2v) is 8.68. The summed E-state index contributed by atoms with van der Waals surface area (Å²) in [6.07, 6.45) is 11.0. The Bertz CT molecular complexity index is 273. The molecule has 0 aromatic heterocycles. The second kappa shape index (κ2) is 14.1. The summed E-state index contributed by atoms with van der Waals surface area (Å²) >= 11 is 0. The molecular formula is C23H47F. The number of hydrogen-bond donors (Lipinski definition) is 0. The van der Waals surface area contributed by atoms with Crippen LogP contribution in [0.3, 0.4) is 0 Å². The maximum Gasteiger partial charge on any atom is 0.0894 e. The molecule has 0 saturated carbocycles. The van der Waals surface area contributed by atoms with Gasteiger partial charge < -0.3 is 0 Å². The molecule has 0 radical (unpaired) electrons. The van der Waals surface area contributed by atoms with Crippen LogP contribution in [0.25, 0.3) is 0 Å². The topological polar surface area (TPSA) is 0 Å². The zero-order valence-corrected chi connectivity index (χ0v) is 17.9. The van der Waals surface area contributed by atoms with Gasteiger partial charge in [0.1, 0.15) is 0 Å². The van der Waals surface area contributed by atoms with Crippen LogP contribution in [-0.2, 0) is 0 Å². The molecule has 0 heterocycles. The van der Waals surface area contributed by atoms with Gasteiger partial charge in [-0.15, -0.1) is 0 Å². The van der Waals surface area contributed by atoms with Crippen LogP contribution in [0.1, 0.15) is 106 Å². The van der Waals surface area contributed by atoms with Crippen LogP contribution < -0.4 is 0 Å². The molecule has 0 aromatic rings. The Kier molecular flexibility index (Phi) is 14.1. The summed E-state index contributed by atoms with van der Waals surface area (Å²) in [5.41, 5.74) is 0. The molecule has 0 aliphatic rings. The highest BCUT2D eigenvalue weighted by Gasteiger charge is 2.32. The largest absolute Gasteiger partial charge is 0.251 e. The minimum absolute atomic E-state index is 0.144. The lowest BCUT2D eigenvalue weighted by Gasteiger charge is -2.39. The summed E-state index contributed by atoms with van der Waals surface area (Å²) in [6, 6.07) is 0. The molecule has 0 N–H and O–H groups in total. The van der Waals surface area contributed by atoms with E-state index in [2.05, 4.69) is 48.5 Å². The maximum absolute atomic E-state index is 12.4. The van der Waals surface area contributed by atoms with Crippen molar-refractivity contribution in [2.24, 2.45) is 35.5 Å². The summed E-state index contributed by atoms with van der Waals surface area (Å²) in [5, 5.41) is 0. The Morgan fingerprint density at radius 2 is 1.42 bits per heavy atom. The summed E-state index contributed by atoms with van der Waals surface area (Å²) in [5.74, 6) is 4.93. The van der Waals surface area contributed by atoms with Crippen LogP contribution in [0.15, 0.2) is 0 Å². The van der Waals surface area contributed by atoms with Gasteiger partial charge in [0, 0.05) is 0 Å². The van der Waals surface area contributed by atoms with Crippen LogP contribution in [0.5, 0.6) is 0 Å². The van der Waals surface area contributed by atoms with Gasteiger partial charge in [0.05, 0.1) is 6.67 Å². The van der Waals surface area contributed by atoms with Gasteiger partial charge in [-0.1, -0.05) is 93.4 Å². The van der Waals surface area contributed by atoms with Gasteiger partial charge in [0.2, 0.25) is 0 Å². The molecule has 5 unspecified atom stereocenters. The molecule has 0 saturated heterocycles. The summed E-state index contributed by atoms with van der Waals surface area (Å²) in [4.78, 5) is 0. The smallest absolute Gasteiger partial charge is 0.0894 e. The monoisotopic (exact) mass is 342 g/mol. The van der Waals surface area contributed by atoms with Crippen molar-refractivity contribution in [1.82, 2.24) is 0 Å².